The molecule has 0 saturated heterocycles. The van der Waals surface area contributed by atoms with Crippen LogP contribution in [0.25, 0.3) is 0 Å². The normalized spacial score (nSPS) is 15.0. The zero-order chi connectivity index (χ0) is 17.4. The number of aromatic nitrogens is 3. The summed E-state index contributed by atoms with van der Waals surface area (Å²) in [5.41, 5.74) is 2.51. The Bertz CT molecular complexity index is 885. The molecule has 0 radical (unpaired) electrons. The minimum Gasteiger partial charge on any atom is -0.364 e. The second kappa shape index (κ2) is 6.16. The molecule has 0 unspecified atom stereocenters. The number of nitrogens with zero attached hydrogens (tertiary/aromatic N) is 4. The maximum Gasteiger partial charge on any atom is 0.255 e. The van der Waals surface area contributed by atoms with Gasteiger partial charge in [-0.05, 0) is 17.5 Å². The molecule has 1 atom stereocenters. The third-order valence-electron chi connectivity index (χ3n) is 4.38. The SMILES string of the molecule is CC(C)[C@H](c1nc(Cc2ccon2)no1)N1Cc2ccccc2C1=O. The first-order valence-corrected chi connectivity index (χ1v) is 8.24. The van der Waals surface area contributed by atoms with E-state index in [0.717, 1.165) is 16.8 Å². The molecular weight excluding hydrogens is 320 g/mol. The lowest BCUT2D eigenvalue weighted by molar-refractivity contribution is 0.0596. The minimum absolute atomic E-state index is 0.00514. The van der Waals surface area contributed by atoms with Gasteiger partial charge in [0.05, 0.1) is 12.1 Å². The van der Waals surface area contributed by atoms with Gasteiger partial charge in [-0.25, -0.2) is 0 Å². The van der Waals surface area contributed by atoms with E-state index in [0.29, 0.717) is 24.7 Å². The van der Waals surface area contributed by atoms with E-state index in [1.807, 2.05) is 43.0 Å². The number of carbonyl (C=O) groups excluding carboxylic acids is 1. The van der Waals surface area contributed by atoms with Crippen molar-refractivity contribution in [3.05, 3.63) is 65.1 Å². The van der Waals surface area contributed by atoms with Gasteiger partial charge in [-0.1, -0.05) is 42.4 Å². The monoisotopic (exact) mass is 338 g/mol. The third-order valence-corrected chi connectivity index (χ3v) is 4.38. The molecule has 0 bridgehead atoms. The Balaban J connectivity index is 1.61. The van der Waals surface area contributed by atoms with Crippen LogP contribution in [0.4, 0.5) is 0 Å². The summed E-state index contributed by atoms with van der Waals surface area (Å²) in [7, 11) is 0. The lowest BCUT2D eigenvalue weighted by Crippen LogP contribution is -2.32. The smallest absolute Gasteiger partial charge is 0.255 e. The molecule has 3 heterocycles. The summed E-state index contributed by atoms with van der Waals surface area (Å²) >= 11 is 0. The van der Waals surface area contributed by atoms with Crippen molar-refractivity contribution < 1.29 is 13.8 Å². The fourth-order valence-corrected chi connectivity index (χ4v) is 3.23. The van der Waals surface area contributed by atoms with Crippen molar-refractivity contribution in [1.82, 2.24) is 20.2 Å². The number of benzene rings is 1. The first-order chi connectivity index (χ1) is 12.1. The molecule has 7 heteroatoms. The molecule has 2 aromatic heterocycles. The molecular formula is C18H18N4O3. The summed E-state index contributed by atoms with van der Waals surface area (Å²) in [5.74, 6) is 1.12. The molecule has 0 N–H and O–H groups in total. The van der Waals surface area contributed by atoms with Gasteiger partial charge in [-0.3, -0.25) is 4.79 Å². The van der Waals surface area contributed by atoms with Gasteiger partial charge in [0.2, 0.25) is 5.89 Å². The summed E-state index contributed by atoms with van der Waals surface area (Å²) in [6.07, 6.45) is 1.94. The topological polar surface area (TPSA) is 85.3 Å². The van der Waals surface area contributed by atoms with Crippen molar-refractivity contribution in [2.75, 3.05) is 0 Å². The maximum atomic E-state index is 12.8. The molecule has 7 nitrogen and oxygen atoms in total. The predicted molar refractivity (Wildman–Crippen MR) is 87.5 cm³/mol. The molecule has 1 aliphatic rings. The van der Waals surface area contributed by atoms with Crippen LogP contribution in [0.3, 0.4) is 0 Å². The van der Waals surface area contributed by atoms with Gasteiger partial charge in [0.15, 0.2) is 5.82 Å². The highest BCUT2D eigenvalue weighted by molar-refractivity contribution is 5.98. The maximum absolute atomic E-state index is 12.8. The fourth-order valence-electron chi connectivity index (χ4n) is 3.23. The number of hydrogen-bond donors (Lipinski definition) is 0. The van der Waals surface area contributed by atoms with Crippen LogP contribution < -0.4 is 0 Å². The zero-order valence-corrected chi connectivity index (χ0v) is 14.0. The van der Waals surface area contributed by atoms with Crippen LogP contribution in [0.15, 0.2) is 45.6 Å². The Kier molecular flexibility index (Phi) is 3.83. The highest BCUT2D eigenvalue weighted by Crippen LogP contribution is 2.35. The molecule has 0 fully saturated rings. The van der Waals surface area contributed by atoms with Crippen molar-refractivity contribution in [2.24, 2.45) is 5.92 Å². The average molecular weight is 338 g/mol. The largest absolute Gasteiger partial charge is 0.364 e. The molecule has 1 amide bonds. The number of rotatable bonds is 5. The Morgan fingerprint density at radius 2 is 2.04 bits per heavy atom. The van der Waals surface area contributed by atoms with E-state index in [1.165, 1.54) is 6.26 Å². The molecule has 0 saturated carbocycles. The molecule has 0 aliphatic carbocycles. The molecule has 3 aromatic rings. The van der Waals surface area contributed by atoms with Crippen molar-refractivity contribution in [2.45, 2.75) is 32.9 Å². The van der Waals surface area contributed by atoms with E-state index in [4.69, 9.17) is 9.05 Å². The molecule has 1 aliphatic heterocycles. The van der Waals surface area contributed by atoms with Crippen molar-refractivity contribution in [1.29, 1.82) is 0 Å². The summed E-state index contributed by atoms with van der Waals surface area (Å²) in [4.78, 5) is 19.1. The number of amides is 1. The van der Waals surface area contributed by atoms with Crippen LogP contribution in [-0.4, -0.2) is 26.1 Å². The summed E-state index contributed by atoms with van der Waals surface area (Å²) in [6, 6.07) is 9.17. The first-order valence-electron chi connectivity index (χ1n) is 8.24. The highest BCUT2D eigenvalue weighted by Gasteiger charge is 2.37. The third kappa shape index (κ3) is 2.82. The van der Waals surface area contributed by atoms with Crippen molar-refractivity contribution >= 4 is 5.91 Å². The van der Waals surface area contributed by atoms with Crippen LogP contribution in [0.2, 0.25) is 0 Å². The van der Waals surface area contributed by atoms with Gasteiger partial charge < -0.3 is 13.9 Å². The van der Waals surface area contributed by atoms with Crippen LogP contribution in [-0.2, 0) is 13.0 Å². The number of carbonyl (C=O) groups is 1. The van der Waals surface area contributed by atoms with E-state index >= 15 is 0 Å². The van der Waals surface area contributed by atoms with Crippen molar-refractivity contribution in [3.63, 3.8) is 0 Å². The Labute approximate surface area is 144 Å². The van der Waals surface area contributed by atoms with Gasteiger partial charge in [0.1, 0.15) is 12.3 Å². The molecule has 0 spiro atoms. The van der Waals surface area contributed by atoms with Gasteiger partial charge in [-0.15, -0.1) is 0 Å². The Hall–Kier alpha value is -2.96. The standard InChI is InChI=1S/C18H18N4O3/c1-11(2)16(22-10-12-5-3-4-6-14(12)18(22)23)17-19-15(21-25-17)9-13-7-8-24-20-13/h3-8,11,16H,9-10H2,1-2H3/t16-/m1/s1. The van der Waals surface area contributed by atoms with E-state index in [2.05, 4.69) is 15.3 Å². The highest BCUT2D eigenvalue weighted by atomic mass is 16.5. The van der Waals surface area contributed by atoms with Crippen LogP contribution in [0.5, 0.6) is 0 Å². The quantitative estimate of drug-likeness (QED) is 0.711. The second-order valence-electron chi connectivity index (χ2n) is 6.50. The van der Waals surface area contributed by atoms with E-state index < -0.39 is 0 Å². The van der Waals surface area contributed by atoms with Gasteiger partial charge in [0, 0.05) is 18.2 Å². The summed E-state index contributed by atoms with van der Waals surface area (Å²) < 4.78 is 10.3. The second-order valence-corrected chi connectivity index (χ2v) is 6.50. The van der Waals surface area contributed by atoms with E-state index in [-0.39, 0.29) is 17.9 Å². The van der Waals surface area contributed by atoms with Crippen LogP contribution in [0, 0.1) is 5.92 Å². The average Bonchev–Trinajstić information content (AvgIpc) is 3.32. The predicted octanol–water partition coefficient (Wildman–Crippen LogP) is 3.00. The fraction of sp³-hybridized carbons (Fsp3) is 0.333. The Morgan fingerprint density at radius 3 is 2.76 bits per heavy atom. The van der Waals surface area contributed by atoms with Crippen LogP contribution in [0.1, 0.15) is 53.2 Å². The van der Waals surface area contributed by atoms with Crippen LogP contribution >= 0.6 is 0 Å². The van der Waals surface area contributed by atoms with Gasteiger partial charge >= 0.3 is 0 Å². The zero-order valence-electron chi connectivity index (χ0n) is 14.0. The lowest BCUT2D eigenvalue weighted by Gasteiger charge is -2.27. The molecule has 4 rings (SSSR count). The van der Waals surface area contributed by atoms with E-state index in [9.17, 15) is 4.79 Å². The first kappa shape index (κ1) is 15.6. The molecule has 25 heavy (non-hydrogen) atoms. The Morgan fingerprint density at radius 1 is 1.20 bits per heavy atom. The molecule has 1 aromatic carbocycles. The van der Waals surface area contributed by atoms with Gasteiger partial charge in [-0.2, -0.15) is 4.98 Å². The lowest BCUT2D eigenvalue weighted by atomic mass is 10.0. The summed E-state index contributed by atoms with van der Waals surface area (Å²) in [5, 5.41) is 7.89. The number of hydrogen-bond acceptors (Lipinski definition) is 6. The summed E-state index contributed by atoms with van der Waals surface area (Å²) in [6.45, 7) is 4.64. The minimum atomic E-state index is -0.265. The number of fused-ring (bicyclic) bond motifs is 1. The van der Waals surface area contributed by atoms with Crippen molar-refractivity contribution in [3.8, 4) is 0 Å². The molecule has 128 valence electrons. The van der Waals surface area contributed by atoms with Gasteiger partial charge in [0.25, 0.3) is 5.91 Å². The van der Waals surface area contributed by atoms with E-state index in [1.54, 1.807) is 6.07 Å².